The standard InChI is InChI=1S/C11H16N6S/c1-5-3-2-4-6-7(5)8-9(16-12)14-11(17-13)15-10(8)18-6/h5H,2-4,12-13H2,1H3,(H2,14,15,16,17)/t5-/m1/s1. The van der Waals surface area contributed by atoms with Gasteiger partial charge in [-0.15, -0.1) is 11.3 Å². The van der Waals surface area contributed by atoms with Crippen molar-refractivity contribution in [1.82, 2.24) is 9.97 Å². The van der Waals surface area contributed by atoms with Crippen LogP contribution in [0.25, 0.3) is 10.2 Å². The largest absolute Gasteiger partial charge is 0.308 e. The first kappa shape index (κ1) is 11.6. The van der Waals surface area contributed by atoms with Crippen molar-refractivity contribution in [1.29, 1.82) is 0 Å². The van der Waals surface area contributed by atoms with Gasteiger partial charge in [0.25, 0.3) is 0 Å². The summed E-state index contributed by atoms with van der Waals surface area (Å²) in [6.45, 7) is 2.25. The second kappa shape index (κ2) is 4.34. The summed E-state index contributed by atoms with van der Waals surface area (Å²) in [5.74, 6) is 12.5. The fourth-order valence-electron chi connectivity index (χ4n) is 2.66. The summed E-state index contributed by atoms with van der Waals surface area (Å²) < 4.78 is 0. The number of hydrazine groups is 2. The highest BCUT2D eigenvalue weighted by Gasteiger charge is 2.25. The molecule has 0 amide bonds. The van der Waals surface area contributed by atoms with Crippen molar-refractivity contribution >= 4 is 33.3 Å². The van der Waals surface area contributed by atoms with Crippen molar-refractivity contribution < 1.29 is 0 Å². The lowest BCUT2D eigenvalue weighted by Gasteiger charge is -2.19. The minimum Gasteiger partial charge on any atom is -0.308 e. The normalized spacial score (nSPS) is 18.7. The van der Waals surface area contributed by atoms with E-state index in [0.717, 1.165) is 16.6 Å². The van der Waals surface area contributed by atoms with E-state index in [0.29, 0.717) is 17.7 Å². The van der Waals surface area contributed by atoms with Crippen molar-refractivity contribution in [2.75, 3.05) is 10.9 Å². The maximum Gasteiger partial charge on any atom is 0.240 e. The molecule has 1 aliphatic carbocycles. The molecule has 1 atom stereocenters. The highest BCUT2D eigenvalue weighted by molar-refractivity contribution is 7.19. The zero-order valence-electron chi connectivity index (χ0n) is 10.2. The van der Waals surface area contributed by atoms with E-state index in [2.05, 4.69) is 27.7 Å². The highest BCUT2D eigenvalue weighted by Crippen LogP contribution is 2.43. The molecule has 3 rings (SSSR count). The highest BCUT2D eigenvalue weighted by atomic mass is 32.1. The number of rotatable bonds is 2. The predicted octanol–water partition coefficient (Wildman–Crippen LogP) is 1.70. The molecule has 0 aromatic carbocycles. The van der Waals surface area contributed by atoms with E-state index in [1.807, 2.05) is 0 Å². The lowest BCUT2D eigenvalue weighted by atomic mass is 9.87. The maximum absolute atomic E-state index is 5.57. The Balaban J connectivity index is 2.32. The van der Waals surface area contributed by atoms with Gasteiger partial charge < -0.3 is 5.43 Å². The Kier molecular flexibility index (Phi) is 2.81. The molecule has 0 radical (unpaired) electrons. The fourth-order valence-corrected chi connectivity index (χ4v) is 3.99. The van der Waals surface area contributed by atoms with Gasteiger partial charge in [-0.25, -0.2) is 16.7 Å². The smallest absolute Gasteiger partial charge is 0.240 e. The van der Waals surface area contributed by atoms with Crippen LogP contribution in [0.15, 0.2) is 0 Å². The van der Waals surface area contributed by atoms with Crippen LogP contribution in [0.5, 0.6) is 0 Å². The Hall–Kier alpha value is -1.44. The van der Waals surface area contributed by atoms with Gasteiger partial charge in [-0.2, -0.15) is 4.98 Å². The Morgan fingerprint density at radius 2 is 2.11 bits per heavy atom. The summed E-state index contributed by atoms with van der Waals surface area (Å²) in [4.78, 5) is 11.0. The first-order chi connectivity index (χ1) is 8.74. The topological polar surface area (TPSA) is 102 Å². The molecule has 0 spiro atoms. The van der Waals surface area contributed by atoms with E-state index < -0.39 is 0 Å². The number of aromatic nitrogens is 2. The third kappa shape index (κ3) is 1.63. The van der Waals surface area contributed by atoms with Gasteiger partial charge in [-0.1, -0.05) is 6.92 Å². The molecule has 96 valence electrons. The Bertz CT molecular complexity index is 593. The van der Waals surface area contributed by atoms with Gasteiger partial charge in [0, 0.05) is 4.88 Å². The Morgan fingerprint density at radius 1 is 1.28 bits per heavy atom. The molecular formula is C11H16N6S. The molecule has 0 fully saturated rings. The van der Waals surface area contributed by atoms with Crippen molar-refractivity contribution in [3.63, 3.8) is 0 Å². The second-order valence-corrected chi connectivity index (χ2v) is 5.68. The van der Waals surface area contributed by atoms with Gasteiger partial charge in [-0.05, 0) is 30.7 Å². The van der Waals surface area contributed by atoms with E-state index in [1.165, 1.54) is 23.3 Å². The molecule has 2 heterocycles. The third-order valence-corrected chi connectivity index (χ3v) is 4.62. The average molecular weight is 264 g/mol. The molecule has 0 saturated heterocycles. The van der Waals surface area contributed by atoms with Crippen LogP contribution in [-0.2, 0) is 6.42 Å². The van der Waals surface area contributed by atoms with Crippen molar-refractivity contribution in [3.05, 3.63) is 10.4 Å². The van der Waals surface area contributed by atoms with E-state index in [4.69, 9.17) is 11.7 Å². The third-order valence-electron chi connectivity index (χ3n) is 3.47. The summed E-state index contributed by atoms with van der Waals surface area (Å²) in [5, 5.41) is 1.06. The summed E-state index contributed by atoms with van der Waals surface area (Å²) in [6.07, 6.45) is 3.57. The molecule has 0 aliphatic heterocycles. The van der Waals surface area contributed by atoms with Crippen LogP contribution < -0.4 is 22.5 Å². The first-order valence-electron chi connectivity index (χ1n) is 6.01. The van der Waals surface area contributed by atoms with Crippen LogP contribution >= 0.6 is 11.3 Å². The lowest BCUT2D eigenvalue weighted by molar-refractivity contribution is 0.602. The summed E-state index contributed by atoms with van der Waals surface area (Å²) >= 11 is 1.72. The molecule has 1 aliphatic rings. The number of hydrogen-bond acceptors (Lipinski definition) is 7. The minimum atomic E-state index is 0.390. The lowest BCUT2D eigenvalue weighted by Crippen LogP contribution is -2.15. The zero-order valence-corrected chi connectivity index (χ0v) is 11.0. The number of fused-ring (bicyclic) bond motifs is 3. The molecule has 18 heavy (non-hydrogen) atoms. The Labute approximate surface area is 109 Å². The SMILES string of the molecule is C[C@@H]1CCCc2sc3nc(NN)nc(NN)c3c21. The number of hydrogen-bond donors (Lipinski definition) is 4. The van der Waals surface area contributed by atoms with E-state index in [1.54, 1.807) is 11.3 Å². The molecule has 0 bridgehead atoms. The molecule has 0 unspecified atom stereocenters. The molecule has 2 aromatic rings. The first-order valence-corrected chi connectivity index (χ1v) is 6.82. The summed E-state index contributed by atoms with van der Waals surface area (Å²) in [7, 11) is 0. The van der Waals surface area contributed by atoms with Crippen LogP contribution in [-0.4, -0.2) is 9.97 Å². The van der Waals surface area contributed by atoms with Gasteiger partial charge in [-0.3, -0.25) is 5.43 Å². The number of nitrogen functional groups attached to an aromatic ring is 2. The van der Waals surface area contributed by atoms with Gasteiger partial charge >= 0.3 is 0 Å². The molecule has 2 aromatic heterocycles. The van der Waals surface area contributed by atoms with Crippen LogP contribution in [0.1, 0.15) is 36.1 Å². The zero-order chi connectivity index (χ0) is 12.7. The van der Waals surface area contributed by atoms with Crippen LogP contribution in [0.2, 0.25) is 0 Å². The van der Waals surface area contributed by atoms with Gasteiger partial charge in [0.2, 0.25) is 5.95 Å². The van der Waals surface area contributed by atoms with Gasteiger partial charge in [0.1, 0.15) is 4.83 Å². The monoisotopic (exact) mass is 264 g/mol. The van der Waals surface area contributed by atoms with Crippen LogP contribution in [0, 0.1) is 0 Å². The number of anilines is 2. The van der Waals surface area contributed by atoms with E-state index >= 15 is 0 Å². The van der Waals surface area contributed by atoms with Gasteiger partial charge in [0.05, 0.1) is 5.39 Å². The number of nitrogens with zero attached hydrogens (tertiary/aromatic N) is 2. The van der Waals surface area contributed by atoms with E-state index in [-0.39, 0.29) is 0 Å². The van der Waals surface area contributed by atoms with Crippen molar-refractivity contribution in [3.8, 4) is 0 Å². The van der Waals surface area contributed by atoms with Crippen LogP contribution in [0.3, 0.4) is 0 Å². The number of aryl methyl sites for hydroxylation is 1. The van der Waals surface area contributed by atoms with E-state index in [9.17, 15) is 0 Å². The van der Waals surface area contributed by atoms with Gasteiger partial charge in [0.15, 0.2) is 5.82 Å². The Morgan fingerprint density at radius 3 is 2.83 bits per heavy atom. The second-order valence-electron chi connectivity index (χ2n) is 4.60. The minimum absolute atomic E-state index is 0.390. The summed E-state index contributed by atoms with van der Waals surface area (Å²) in [5.41, 5.74) is 6.49. The molecular weight excluding hydrogens is 248 g/mol. The quantitative estimate of drug-likeness (QED) is 0.486. The number of nitrogens with one attached hydrogen (secondary N) is 2. The molecule has 7 heteroatoms. The van der Waals surface area contributed by atoms with Crippen LogP contribution in [0.4, 0.5) is 11.8 Å². The van der Waals surface area contributed by atoms with Crippen molar-refractivity contribution in [2.24, 2.45) is 11.7 Å². The molecule has 0 saturated carbocycles. The summed E-state index contributed by atoms with van der Waals surface area (Å²) in [6, 6.07) is 0. The number of thiophene rings is 1. The maximum atomic E-state index is 5.57. The van der Waals surface area contributed by atoms with Crippen molar-refractivity contribution in [2.45, 2.75) is 32.1 Å². The molecule has 6 nitrogen and oxygen atoms in total. The average Bonchev–Trinajstić information content (AvgIpc) is 2.76. The fraction of sp³-hybridized carbons (Fsp3) is 0.455. The predicted molar refractivity (Wildman–Crippen MR) is 74.4 cm³/mol. The molecule has 6 N–H and O–H groups in total. The number of nitrogens with two attached hydrogens (primary N) is 2.